The van der Waals surface area contributed by atoms with E-state index in [1.807, 2.05) is 42.6 Å². The van der Waals surface area contributed by atoms with Crippen molar-refractivity contribution in [2.45, 2.75) is 13.1 Å². The molecule has 0 unspecified atom stereocenters. The van der Waals surface area contributed by atoms with Crippen molar-refractivity contribution >= 4 is 11.0 Å². The van der Waals surface area contributed by atoms with Gasteiger partial charge >= 0.3 is 0 Å². The van der Waals surface area contributed by atoms with Gasteiger partial charge < -0.3 is 10.2 Å². The minimum Gasteiger partial charge on any atom is -0.459 e. The Hall–Kier alpha value is -3.25. The van der Waals surface area contributed by atoms with Crippen LogP contribution in [-0.4, -0.2) is 15.0 Å². The van der Waals surface area contributed by atoms with E-state index in [1.165, 1.54) is 6.07 Å². The van der Waals surface area contributed by atoms with Crippen LogP contribution in [-0.2, 0) is 13.1 Å². The van der Waals surface area contributed by atoms with E-state index in [9.17, 15) is 4.79 Å². The number of nitrogens with two attached hydrogens (primary N) is 1. The second-order valence-electron chi connectivity index (χ2n) is 5.78. The standard InChI is InChI=1S/C19H16N4O2/c20-10-15-9-18(24)16-8-14(6-7-19(16)25-15)17-12-23(22-21-17)11-13-4-2-1-3-5-13/h1-9,12H,10-11,20H2. The number of hydrogen-bond donors (Lipinski definition) is 1. The van der Waals surface area contributed by atoms with Crippen molar-refractivity contribution in [3.8, 4) is 11.3 Å². The van der Waals surface area contributed by atoms with Gasteiger partial charge in [-0.05, 0) is 23.8 Å². The van der Waals surface area contributed by atoms with Gasteiger partial charge in [-0.2, -0.15) is 0 Å². The fraction of sp³-hybridized carbons (Fsp3) is 0.105. The molecule has 0 aliphatic carbocycles. The van der Waals surface area contributed by atoms with Crippen LogP contribution in [0.1, 0.15) is 11.3 Å². The van der Waals surface area contributed by atoms with E-state index in [4.69, 9.17) is 10.2 Å². The Labute approximate surface area is 143 Å². The summed E-state index contributed by atoms with van der Waals surface area (Å²) >= 11 is 0. The molecule has 0 saturated carbocycles. The molecule has 124 valence electrons. The van der Waals surface area contributed by atoms with Gasteiger partial charge in [0.2, 0.25) is 0 Å². The Morgan fingerprint density at radius 3 is 2.72 bits per heavy atom. The first kappa shape index (κ1) is 15.3. The van der Waals surface area contributed by atoms with Gasteiger partial charge in [-0.15, -0.1) is 5.10 Å². The molecule has 6 nitrogen and oxygen atoms in total. The largest absolute Gasteiger partial charge is 0.459 e. The Bertz CT molecular complexity index is 1080. The Kier molecular flexibility index (Phi) is 3.87. The van der Waals surface area contributed by atoms with Gasteiger partial charge in [0.1, 0.15) is 17.0 Å². The first-order valence-electron chi connectivity index (χ1n) is 7.94. The molecule has 0 fully saturated rings. The Morgan fingerprint density at radius 1 is 1.08 bits per heavy atom. The molecular formula is C19H16N4O2. The zero-order valence-electron chi connectivity index (χ0n) is 13.4. The molecule has 0 bridgehead atoms. The zero-order valence-corrected chi connectivity index (χ0v) is 13.4. The van der Waals surface area contributed by atoms with E-state index >= 15 is 0 Å². The third kappa shape index (κ3) is 3.07. The number of hydrogen-bond acceptors (Lipinski definition) is 5. The van der Waals surface area contributed by atoms with Crippen LogP contribution < -0.4 is 11.2 Å². The third-order valence-electron chi connectivity index (χ3n) is 4.00. The molecule has 0 aliphatic rings. The molecule has 2 N–H and O–H groups in total. The van der Waals surface area contributed by atoms with Crippen molar-refractivity contribution in [1.82, 2.24) is 15.0 Å². The van der Waals surface area contributed by atoms with Crippen LogP contribution in [0.3, 0.4) is 0 Å². The molecule has 0 amide bonds. The molecule has 6 heteroatoms. The van der Waals surface area contributed by atoms with Gasteiger partial charge in [0.25, 0.3) is 0 Å². The van der Waals surface area contributed by atoms with Gasteiger partial charge in [-0.25, -0.2) is 4.68 Å². The second-order valence-corrected chi connectivity index (χ2v) is 5.78. The van der Waals surface area contributed by atoms with E-state index < -0.39 is 0 Å². The maximum Gasteiger partial charge on any atom is 0.193 e. The van der Waals surface area contributed by atoms with Crippen LogP contribution in [0, 0.1) is 0 Å². The lowest BCUT2D eigenvalue weighted by Crippen LogP contribution is -2.05. The number of aromatic nitrogens is 3. The van der Waals surface area contributed by atoms with E-state index in [0.717, 1.165) is 11.1 Å². The summed E-state index contributed by atoms with van der Waals surface area (Å²) in [5, 5.41) is 8.89. The first-order valence-corrected chi connectivity index (χ1v) is 7.94. The minimum atomic E-state index is -0.111. The number of rotatable bonds is 4. The van der Waals surface area contributed by atoms with Gasteiger partial charge in [0, 0.05) is 11.6 Å². The van der Waals surface area contributed by atoms with E-state index in [0.29, 0.717) is 29.0 Å². The van der Waals surface area contributed by atoms with Crippen molar-refractivity contribution in [2.75, 3.05) is 0 Å². The summed E-state index contributed by atoms with van der Waals surface area (Å²) in [5.41, 5.74) is 8.63. The van der Waals surface area contributed by atoms with Crippen molar-refractivity contribution in [2.24, 2.45) is 5.73 Å². The van der Waals surface area contributed by atoms with Gasteiger partial charge in [0.05, 0.1) is 24.7 Å². The van der Waals surface area contributed by atoms with Crippen molar-refractivity contribution < 1.29 is 4.42 Å². The Morgan fingerprint density at radius 2 is 1.92 bits per heavy atom. The highest BCUT2D eigenvalue weighted by atomic mass is 16.3. The van der Waals surface area contributed by atoms with Crippen LogP contribution in [0.5, 0.6) is 0 Å². The number of nitrogens with zero attached hydrogens (tertiary/aromatic N) is 3. The fourth-order valence-electron chi connectivity index (χ4n) is 2.74. The smallest absolute Gasteiger partial charge is 0.193 e. The summed E-state index contributed by atoms with van der Waals surface area (Å²) in [4.78, 5) is 12.2. The lowest BCUT2D eigenvalue weighted by Gasteiger charge is -2.02. The second kappa shape index (κ2) is 6.33. The molecule has 2 heterocycles. The van der Waals surface area contributed by atoms with Gasteiger partial charge in [-0.1, -0.05) is 35.5 Å². The van der Waals surface area contributed by atoms with Gasteiger partial charge in [0.15, 0.2) is 5.43 Å². The molecular weight excluding hydrogens is 316 g/mol. The minimum absolute atomic E-state index is 0.111. The summed E-state index contributed by atoms with van der Waals surface area (Å²) in [6, 6.07) is 16.9. The average Bonchev–Trinajstić information content (AvgIpc) is 3.10. The molecule has 0 aliphatic heterocycles. The van der Waals surface area contributed by atoms with Crippen LogP contribution in [0.2, 0.25) is 0 Å². The summed E-state index contributed by atoms with van der Waals surface area (Å²) in [6.45, 7) is 0.837. The molecule has 4 rings (SSSR count). The molecule has 0 spiro atoms. The normalized spacial score (nSPS) is 11.1. The topological polar surface area (TPSA) is 86.9 Å². The highest BCUT2D eigenvalue weighted by Gasteiger charge is 2.09. The highest BCUT2D eigenvalue weighted by molar-refractivity contribution is 5.82. The van der Waals surface area contributed by atoms with Crippen molar-refractivity contribution in [1.29, 1.82) is 0 Å². The summed E-state index contributed by atoms with van der Waals surface area (Å²) < 4.78 is 7.37. The molecule has 25 heavy (non-hydrogen) atoms. The molecule has 4 aromatic rings. The molecule has 0 atom stereocenters. The van der Waals surface area contributed by atoms with Crippen molar-refractivity contribution in [3.05, 3.63) is 82.3 Å². The molecule has 2 aromatic carbocycles. The lowest BCUT2D eigenvalue weighted by atomic mass is 10.1. The van der Waals surface area contributed by atoms with Crippen LogP contribution in [0.4, 0.5) is 0 Å². The van der Waals surface area contributed by atoms with Crippen LogP contribution in [0.15, 0.2) is 70.0 Å². The van der Waals surface area contributed by atoms with E-state index in [2.05, 4.69) is 10.3 Å². The fourth-order valence-corrected chi connectivity index (χ4v) is 2.74. The van der Waals surface area contributed by atoms with Crippen LogP contribution in [0.25, 0.3) is 22.2 Å². The SMILES string of the molecule is NCc1cc(=O)c2cc(-c3cn(Cc4ccccc4)nn3)ccc2o1. The van der Waals surface area contributed by atoms with Gasteiger partial charge in [-0.3, -0.25) is 4.79 Å². The number of fused-ring (bicyclic) bond motifs is 1. The van der Waals surface area contributed by atoms with E-state index in [-0.39, 0.29) is 12.0 Å². The molecule has 0 saturated heterocycles. The summed E-state index contributed by atoms with van der Waals surface area (Å²) in [7, 11) is 0. The lowest BCUT2D eigenvalue weighted by molar-refractivity contribution is 0.539. The monoisotopic (exact) mass is 332 g/mol. The maximum atomic E-state index is 12.2. The predicted molar refractivity (Wildman–Crippen MR) is 94.9 cm³/mol. The highest BCUT2D eigenvalue weighted by Crippen LogP contribution is 2.22. The first-order chi connectivity index (χ1) is 12.2. The average molecular weight is 332 g/mol. The molecule has 0 radical (unpaired) electrons. The van der Waals surface area contributed by atoms with E-state index in [1.54, 1.807) is 16.8 Å². The third-order valence-corrected chi connectivity index (χ3v) is 4.00. The number of benzene rings is 2. The summed E-state index contributed by atoms with van der Waals surface area (Å²) in [5.74, 6) is 0.471. The molecule has 2 aromatic heterocycles. The zero-order chi connectivity index (χ0) is 17.2. The van der Waals surface area contributed by atoms with Crippen LogP contribution >= 0.6 is 0 Å². The van der Waals surface area contributed by atoms with Crippen molar-refractivity contribution in [3.63, 3.8) is 0 Å². The maximum absolute atomic E-state index is 12.2. The summed E-state index contributed by atoms with van der Waals surface area (Å²) in [6.07, 6.45) is 1.87. The quantitative estimate of drug-likeness (QED) is 0.620. The predicted octanol–water partition coefficient (Wildman–Crippen LogP) is 2.56. The Balaban J connectivity index is 1.68.